The second-order valence-electron chi connectivity index (χ2n) is 5.65. The molecular formula is C15H23N3O2S. The smallest absolute Gasteiger partial charge is 0.188 e. The minimum Gasteiger partial charge on any atom is -0.347 e. The van der Waals surface area contributed by atoms with Gasteiger partial charge in [0, 0.05) is 36.0 Å². The van der Waals surface area contributed by atoms with Crippen LogP contribution in [0.1, 0.15) is 31.9 Å². The Hall–Kier alpha value is -0.690. The van der Waals surface area contributed by atoms with Crippen LogP contribution in [0.4, 0.5) is 0 Å². The number of hydrogen-bond acceptors (Lipinski definition) is 6. The number of ether oxygens (including phenoxy) is 2. The Labute approximate surface area is 130 Å². The van der Waals surface area contributed by atoms with E-state index in [9.17, 15) is 0 Å². The molecule has 3 rings (SSSR count). The van der Waals surface area contributed by atoms with Crippen LogP contribution in [0.3, 0.4) is 0 Å². The predicted octanol–water partition coefficient (Wildman–Crippen LogP) is 2.15. The molecule has 1 N–H and O–H groups in total. The quantitative estimate of drug-likeness (QED) is 0.860. The van der Waals surface area contributed by atoms with E-state index in [0.717, 1.165) is 36.7 Å². The van der Waals surface area contributed by atoms with Gasteiger partial charge in [-0.3, -0.25) is 0 Å². The van der Waals surface area contributed by atoms with Gasteiger partial charge in [-0.1, -0.05) is 18.7 Å². The SMILES string of the molecule is CCNC1CCC2(CC1Sc1nccc(C)n1)OCCO2. The van der Waals surface area contributed by atoms with Gasteiger partial charge in [0.15, 0.2) is 10.9 Å². The van der Waals surface area contributed by atoms with Crippen molar-refractivity contribution in [2.24, 2.45) is 0 Å². The lowest BCUT2D eigenvalue weighted by molar-refractivity contribution is -0.178. The molecule has 1 aromatic rings. The Morgan fingerprint density at radius 1 is 1.43 bits per heavy atom. The highest BCUT2D eigenvalue weighted by Gasteiger charge is 2.45. The first kappa shape index (κ1) is 15.2. The molecule has 21 heavy (non-hydrogen) atoms. The van der Waals surface area contributed by atoms with Gasteiger partial charge in [0.25, 0.3) is 0 Å². The Bertz CT molecular complexity index is 480. The van der Waals surface area contributed by atoms with E-state index in [-0.39, 0.29) is 5.79 Å². The molecule has 0 bridgehead atoms. The van der Waals surface area contributed by atoms with Crippen LogP contribution in [0.2, 0.25) is 0 Å². The molecule has 5 nitrogen and oxygen atoms in total. The number of aromatic nitrogens is 2. The molecule has 0 amide bonds. The van der Waals surface area contributed by atoms with Gasteiger partial charge in [-0.05, 0) is 26.0 Å². The summed E-state index contributed by atoms with van der Waals surface area (Å²) in [6.45, 7) is 6.55. The lowest BCUT2D eigenvalue weighted by Gasteiger charge is -2.40. The Morgan fingerprint density at radius 2 is 2.24 bits per heavy atom. The Kier molecular flexibility index (Phi) is 4.78. The van der Waals surface area contributed by atoms with Crippen molar-refractivity contribution in [2.45, 2.75) is 55.3 Å². The summed E-state index contributed by atoms with van der Waals surface area (Å²) in [4.78, 5) is 8.91. The third kappa shape index (κ3) is 3.56. The first-order chi connectivity index (χ1) is 10.2. The monoisotopic (exact) mass is 309 g/mol. The number of aryl methyl sites for hydroxylation is 1. The van der Waals surface area contributed by atoms with Crippen molar-refractivity contribution >= 4 is 11.8 Å². The van der Waals surface area contributed by atoms with E-state index in [4.69, 9.17) is 9.47 Å². The van der Waals surface area contributed by atoms with Crippen LogP contribution < -0.4 is 5.32 Å². The summed E-state index contributed by atoms with van der Waals surface area (Å²) in [7, 11) is 0. The lowest BCUT2D eigenvalue weighted by atomic mass is 9.89. The molecule has 2 atom stereocenters. The van der Waals surface area contributed by atoms with Crippen LogP contribution in [-0.2, 0) is 9.47 Å². The zero-order valence-electron chi connectivity index (χ0n) is 12.7. The van der Waals surface area contributed by atoms with E-state index < -0.39 is 0 Å². The van der Waals surface area contributed by atoms with E-state index in [1.807, 2.05) is 19.2 Å². The molecule has 1 saturated heterocycles. The van der Waals surface area contributed by atoms with Gasteiger partial charge in [-0.25, -0.2) is 9.97 Å². The fourth-order valence-corrected chi connectivity index (χ4v) is 4.43. The Balaban J connectivity index is 1.73. The molecule has 0 radical (unpaired) electrons. The standard InChI is InChI=1S/C15H23N3O2S/c1-3-16-12-4-6-15(19-8-9-20-15)10-13(12)21-14-17-7-5-11(2)18-14/h5,7,12-13,16H,3-4,6,8-10H2,1-2H3. The third-order valence-electron chi connectivity index (χ3n) is 4.11. The van der Waals surface area contributed by atoms with E-state index >= 15 is 0 Å². The van der Waals surface area contributed by atoms with Crippen molar-refractivity contribution in [1.82, 2.24) is 15.3 Å². The molecule has 2 heterocycles. The minimum absolute atomic E-state index is 0.368. The van der Waals surface area contributed by atoms with Crippen LogP contribution in [0.25, 0.3) is 0 Å². The molecule has 2 aliphatic rings. The van der Waals surface area contributed by atoms with Gasteiger partial charge in [0.05, 0.1) is 13.2 Å². The van der Waals surface area contributed by atoms with E-state index in [1.165, 1.54) is 0 Å². The summed E-state index contributed by atoms with van der Waals surface area (Å²) in [5.74, 6) is -0.368. The zero-order chi connectivity index (χ0) is 14.7. The van der Waals surface area contributed by atoms with Crippen molar-refractivity contribution in [1.29, 1.82) is 0 Å². The van der Waals surface area contributed by atoms with Crippen LogP contribution in [-0.4, -0.2) is 46.8 Å². The summed E-state index contributed by atoms with van der Waals surface area (Å²) in [6, 6.07) is 2.39. The highest BCUT2D eigenvalue weighted by atomic mass is 32.2. The average molecular weight is 309 g/mol. The maximum Gasteiger partial charge on any atom is 0.188 e. The highest BCUT2D eigenvalue weighted by molar-refractivity contribution is 7.99. The maximum atomic E-state index is 5.90. The molecular weight excluding hydrogens is 286 g/mol. The van der Waals surface area contributed by atoms with Gasteiger partial charge >= 0.3 is 0 Å². The van der Waals surface area contributed by atoms with Crippen molar-refractivity contribution < 1.29 is 9.47 Å². The summed E-state index contributed by atoms with van der Waals surface area (Å²) < 4.78 is 11.8. The number of nitrogens with zero attached hydrogens (tertiary/aromatic N) is 2. The highest BCUT2D eigenvalue weighted by Crippen LogP contribution is 2.41. The lowest BCUT2D eigenvalue weighted by Crippen LogP contribution is -2.49. The van der Waals surface area contributed by atoms with Crippen LogP contribution in [0.15, 0.2) is 17.4 Å². The van der Waals surface area contributed by atoms with Crippen LogP contribution >= 0.6 is 11.8 Å². The zero-order valence-corrected chi connectivity index (χ0v) is 13.5. The summed E-state index contributed by atoms with van der Waals surface area (Å²) in [5.41, 5.74) is 1.01. The first-order valence-corrected chi connectivity index (χ1v) is 8.56. The first-order valence-electron chi connectivity index (χ1n) is 7.68. The van der Waals surface area contributed by atoms with E-state index in [2.05, 4.69) is 22.2 Å². The van der Waals surface area contributed by atoms with E-state index in [1.54, 1.807) is 11.8 Å². The largest absolute Gasteiger partial charge is 0.347 e. The van der Waals surface area contributed by atoms with Crippen molar-refractivity contribution in [3.8, 4) is 0 Å². The topological polar surface area (TPSA) is 56.3 Å². The van der Waals surface area contributed by atoms with Crippen LogP contribution in [0, 0.1) is 6.92 Å². The van der Waals surface area contributed by atoms with Crippen molar-refractivity contribution in [3.05, 3.63) is 18.0 Å². The Morgan fingerprint density at radius 3 is 2.95 bits per heavy atom. The van der Waals surface area contributed by atoms with Crippen LogP contribution in [0.5, 0.6) is 0 Å². The van der Waals surface area contributed by atoms with E-state index in [0.29, 0.717) is 24.5 Å². The molecule has 1 aromatic heterocycles. The molecule has 1 saturated carbocycles. The number of rotatable bonds is 4. The molecule has 1 aliphatic heterocycles. The third-order valence-corrected chi connectivity index (χ3v) is 5.31. The fraction of sp³-hybridized carbons (Fsp3) is 0.733. The van der Waals surface area contributed by atoms with Gasteiger partial charge < -0.3 is 14.8 Å². The molecule has 2 fully saturated rings. The molecule has 2 unspecified atom stereocenters. The molecule has 116 valence electrons. The summed E-state index contributed by atoms with van der Waals surface area (Å²) in [5, 5.41) is 4.81. The number of hydrogen-bond donors (Lipinski definition) is 1. The normalized spacial score (nSPS) is 28.1. The second-order valence-corrected chi connectivity index (χ2v) is 6.86. The van der Waals surface area contributed by atoms with Crippen molar-refractivity contribution in [2.75, 3.05) is 19.8 Å². The number of thioether (sulfide) groups is 1. The second kappa shape index (κ2) is 6.60. The molecule has 1 aliphatic carbocycles. The van der Waals surface area contributed by atoms with Gasteiger partial charge in [-0.15, -0.1) is 0 Å². The fourth-order valence-electron chi connectivity index (χ4n) is 3.11. The number of nitrogens with one attached hydrogen (secondary N) is 1. The maximum absolute atomic E-state index is 5.90. The van der Waals surface area contributed by atoms with Crippen molar-refractivity contribution in [3.63, 3.8) is 0 Å². The molecule has 0 aromatic carbocycles. The van der Waals surface area contributed by atoms with Gasteiger partial charge in [0.1, 0.15) is 0 Å². The minimum atomic E-state index is -0.368. The summed E-state index contributed by atoms with van der Waals surface area (Å²) in [6.07, 6.45) is 4.76. The van der Waals surface area contributed by atoms with Gasteiger partial charge in [0.2, 0.25) is 0 Å². The predicted molar refractivity (Wildman–Crippen MR) is 82.4 cm³/mol. The summed E-state index contributed by atoms with van der Waals surface area (Å²) >= 11 is 1.74. The average Bonchev–Trinajstić information content (AvgIpc) is 2.91. The van der Waals surface area contributed by atoms with Gasteiger partial charge in [-0.2, -0.15) is 0 Å². The molecule has 1 spiro atoms. The molecule has 6 heteroatoms.